The van der Waals surface area contributed by atoms with Gasteiger partial charge in [-0.3, -0.25) is 0 Å². The highest BCUT2D eigenvalue weighted by Gasteiger charge is 2.72. The van der Waals surface area contributed by atoms with Gasteiger partial charge in [0.25, 0.3) is 0 Å². The van der Waals surface area contributed by atoms with E-state index >= 15 is 0 Å². The van der Waals surface area contributed by atoms with Crippen LogP contribution in [0.2, 0.25) is 5.02 Å². The Bertz CT molecular complexity index is 859. The number of aliphatic hydroxyl groups is 1. The van der Waals surface area contributed by atoms with Crippen molar-refractivity contribution in [3.8, 4) is 6.07 Å². The van der Waals surface area contributed by atoms with E-state index in [0.717, 1.165) is 0 Å². The molecule has 0 unspecified atom stereocenters. The number of hydrogen-bond acceptors (Lipinski definition) is 4. The number of rotatable bonds is 4. The van der Waals surface area contributed by atoms with Gasteiger partial charge in [0.05, 0.1) is 22.8 Å². The van der Waals surface area contributed by atoms with E-state index in [1.54, 1.807) is 42.5 Å². The SMILES string of the molecule is N#C[C@@]1(CO)[C@@H](c2ccc(Cl)cc2)[C@@H]1S(=O)(=O)c1ccccc1. The summed E-state index contributed by atoms with van der Waals surface area (Å²) in [6.07, 6.45) is 0. The molecule has 3 atom stereocenters. The smallest absolute Gasteiger partial charge is 0.183 e. The lowest BCUT2D eigenvalue weighted by Gasteiger charge is -2.05. The molecule has 2 aromatic rings. The molecular weight excluding hydrogens is 334 g/mol. The zero-order valence-corrected chi connectivity index (χ0v) is 13.6. The molecule has 1 aliphatic rings. The Hall–Kier alpha value is -1.87. The third-order valence-electron chi connectivity index (χ3n) is 4.36. The van der Waals surface area contributed by atoms with Gasteiger partial charge in [-0.25, -0.2) is 8.42 Å². The number of benzene rings is 2. The summed E-state index contributed by atoms with van der Waals surface area (Å²) in [6.45, 7) is -0.506. The predicted molar refractivity (Wildman–Crippen MR) is 86.7 cm³/mol. The minimum atomic E-state index is -3.72. The fourth-order valence-corrected chi connectivity index (χ4v) is 5.58. The van der Waals surface area contributed by atoms with Crippen LogP contribution in [-0.4, -0.2) is 25.4 Å². The summed E-state index contributed by atoms with van der Waals surface area (Å²) in [5.41, 5.74) is -0.628. The number of aliphatic hydroxyl groups excluding tert-OH is 1. The maximum Gasteiger partial charge on any atom is 0.183 e. The van der Waals surface area contributed by atoms with Crippen LogP contribution in [0.15, 0.2) is 59.5 Å². The van der Waals surface area contributed by atoms with Crippen molar-refractivity contribution in [3.05, 3.63) is 65.2 Å². The number of nitrogens with zero attached hydrogens (tertiary/aromatic N) is 1. The Morgan fingerprint density at radius 3 is 2.26 bits per heavy atom. The van der Waals surface area contributed by atoms with Crippen LogP contribution in [0.4, 0.5) is 0 Å². The van der Waals surface area contributed by atoms with Crippen molar-refractivity contribution in [1.82, 2.24) is 0 Å². The maximum absolute atomic E-state index is 12.9. The summed E-state index contributed by atoms with van der Waals surface area (Å²) in [4.78, 5) is 0.162. The first-order chi connectivity index (χ1) is 11.0. The van der Waals surface area contributed by atoms with Crippen LogP contribution >= 0.6 is 11.6 Å². The minimum absolute atomic E-state index is 0.162. The van der Waals surface area contributed by atoms with Crippen molar-refractivity contribution >= 4 is 21.4 Å². The predicted octanol–water partition coefficient (Wildman–Crippen LogP) is 2.78. The van der Waals surface area contributed by atoms with Gasteiger partial charge < -0.3 is 5.11 Å². The molecule has 23 heavy (non-hydrogen) atoms. The Morgan fingerprint density at radius 2 is 1.74 bits per heavy atom. The van der Waals surface area contributed by atoms with E-state index in [2.05, 4.69) is 0 Å². The van der Waals surface area contributed by atoms with Crippen molar-refractivity contribution in [1.29, 1.82) is 5.26 Å². The molecule has 0 aromatic heterocycles. The van der Waals surface area contributed by atoms with Crippen LogP contribution in [0.5, 0.6) is 0 Å². The second-order valence-corrected chi connectivity index (χ2v) is 8.12. The molecule has 0 aliphatic heterocycles. The largest absolute Gasteiger partial charge is 0.395 e. The van der Waals surface area contributed by atoms with Crippen molar-refractivity contribution < 1.29 is 13.5 Å². The second-order valence-electron chi connectivity index (χ2n) is 5.62. The fraction of sp³-hybridized carbons (Fsp3) is 0.235. The Kier molecular flexibility index (Phi) is 3.93. The first-order valence-electron chi connectivity index (χ1n) is 7.04. The van der Waals surface area contributed by atoms with Crippen LogP contribution in [0.3, 0.4) is 0 Å². The third kappa shape index (κ3) is 2.43. The minimum Gasteiger partial charge on any atom is -0.395 e. The molecule has 2 aromatic carbocycles. The highest BCUT2D eigenvalue weighted by atomic mass is 35.5. The number of halogens is 1. The van der Waals surface area contributed by atoms with Gasteiger partial charge in [0.2, 0.25) is 0 Å². The summed E-state index contributed by atoms with van der Waals surface area (Å²) < 4.78 is 25.8. The monoisotopic (exact) mass is 347 g/mol. The zero-order chi connectivity index (χ0) is 16.7. The van der Waals surface area contributed by atoms with Crippen LogP contribution in [0.25, 0.3) is 0 Å². The Morgan fingerprint density at radius 1 is 1.13 bits per heavy atom. The number of nitriles is 1. The first-order valence-corrected chi connectivity index (χ1v) is 8.96. The summed E-state index contributed by atoms with van der Waals surface area (Å²) in [6, 6.07) is 16.8. The van der Waals surface area contributed by atoms with Gasteiger partial charge in [-0.05, 0) is 29.8 Å². The molecule has 0 amide bonds. The standard InChI is InChI=1S/C17H14ClNO3S/c18-13-8-6-12(7-9-13)15-16(17(15,10-19)11-20)23(21,22)14-4-2-1-3-5-14/h1-9,15-16,20H,11H2/t15-,16-,17+/m0/s1. The van der Waals surface area contributed by atoms with Crippen LogP contribution in [0, 0.1) is 16.7 Å². The first kappa shape index (κ1) is 16.0. The van der Waals surface area contributed by atoms with E-state index in [-0.39, 0.29) is 4.90 Å². The average Bonchev–Trinajstić information content (AvgIpc) is 3.27. The van der Waals surface area contributed by atoms with E-state index < -0.39 is 33.0 Å². The molecule has 0 spiro atoms. The molecule has 0 heterocycles. The Labute approximate surface area is 139 Å². The van der Waals surface area contributed by atoms with Crippen molar-refractivity contribution in [2.75, 3.05) is 6.61 Å². The highest BCUT2D eigenvalue weighted by molar-refractivity contribution is 7.92. The van der Waals surface area contributed by atoms with Gasteiger partial charge in [-0.2, -0.15) is 5.26 Å². The van der Waals surface area contributed by atoms with Crippen LogP contribution in [-0.2, 0) is 9.84 Å². The lowest BCUT2D eigenvalue weighted by atomic mass is 10.0. The molecule has 1 saturated carbocycles. The van der Waals surface area contributed by atoms with Crippen LogP contribution in [0.1, 0.15) is 11.5 Å². The average molecular weight is 348 g/mol. The zero-order valence-electron chi connectivity index (χ0n) is 12.1. The molecule has 1 fully saturated rings. The third-order valence-corrected chi connectivity index (χ3v) is 6.90. The quantitative estimate of drug-likeness (QED) is 0.922. The Balaban J connectivity index is 2.07. The van der Waals surface area contributed by atoms with Crippen LogP contribution < -0.4 is 0 Å². The molecule has 4 nitrogen and oxygen atoms in total. The molecule has 3 rings (SSSR count). The molecule has 0 bridgehead atoms. The number of sulfone groups is 1. The van der Waals surface area contributed by atoms with E-state index in [1.807, 2.05) is 6.07 Å². The van der Waals surface area contributed by atoms with Gasteiger partial charge in [-0.1, -0.05) is 41.9 Å². The van der Waals surface area contributed by atoms with E-state index in [4.69, 9.17) is 11.6 Å². The van der Waals surface area contributed by atoms with E-state index in [9.17, 15) is 18.8 Å². The second kappa shape index (κ2) is 5.64. The molecule has 118 valence electrons. The molecule has 1 N–H and O–H groups in total. The molecular formula is C17H14ClNO3S. The van der Waals surface area contributed by atoms with Gasteiger partial charge in [0, 0.05) is 10.9 Å². The highest BCUT2D eigenvalue weighted by Crippen LogP contribution is 2.63. The van der Waals surface area contributed by atoms with Gasteiger partial charge in [-0.15, -0.1) is 0 Å². The summed E-state index contributed by atoms with van der Waals surface area (Å²) in [5.74, 6) is -0.569. The summed E-state index contributed by atoms with van der Waals surface area (Å²) in [7, 11) is -3.72. The summed E-state index contributed by atoms with van der Waals surface area (Å²) >= 11 is 5.87. The van der Waals surface area contributed by atoms with E-state index in [1.165, 1.54) is 12.1 Å². The van der Waals surface area contributed by atoms with Crippen molar-refractivity contribution in [3.63, 3.8) is 0 Å². The van der Waals surface area contributed by atoms with Gasteiger partial charge in [0.1, 0.15) is 5.41 Å². The topological polar surface area (TPSA) is 78.2 Å². The lowest BCUT2D eigenvalue weighted by molar-refractivity contribution is 0.242. The van der Waals surface area contributed by atoms with Gasteiger partial charge in [0.15, 0.2) is 9.84 Å². The van der Waals surface area contributed by atoms with E-state index in [0.29, 0.717) is 10.6 Å². The summed E-state index contributed by atoms with van der Waals surface area (Å²) in [5, 5.41) is 18.8. The van der Waals surface area contributed by atoms with Gasteiger partial charge >= 0.3 is 0 Å². The van der Waals surface area contributed by atoms with Crippen molar-refractivity contribution in [2.45, 2.75) is 16.1 Å². The molecule has 0 radical (unpaired) electrons. The fourth-order valence-electron chi connectivity index (χ4n) is 3.12. The molecule has 6 heteroatoms. The maximum atomic E-state index is 12.9. The molecule has 0 saturated heterocycles. The lowest BCUT2D eigenvalue weighted by Crippen LogP contribution is -2.18. The number of hydrogen-bond donors (Lipinski definition) is 1. The molecule has 1 aliphatic carbocycles. The normalized spacial score (nSPS) is 26.5. The van der Waals surface area contributed by atoms with Crippen molar-refractivity contribution in [2.24, 2.45) is 5.41 Å².